The first-order valence-electron chi connectivity index (χ1n) is 9.22. The number of ether oxygens (including phenoxy) is 2. The summed E-state index contributed by atoms with van der Waals surface area (Å²) in [6, 6.07) is 3.54. The third kappa shape index (κ3) is 4.33. The SMILES string of the molecule is CCC(=O)NC1(Oc2c(C)cc(Cl)cc2C)NC(C)=CC(CC)=C1C(=O)OC. The molecule has 1 unspecified atom stereocenters. The fourth-order valence-corrected chi connectivity index (χ4v) is 3.61. The molecule has 1 aliphatic heterocycles. The lowest BCUT2D eigenvalue weighted by Crippen LogP contribution is -2.66. The molecule has 152 valence electrons. The van der Waals surface area contributed by atoms with Crippen molar-refractivity contribution < 1.29 is 19.1 Å². The van der Waals surface area contributed by atoms with E-state index < -0.39 is 11.8 Å². The Hall–Kier alpha value is -2.47. The van der Waals surface area contributed by atoms with Gasteiger partial charge in [0, 0.05) is 17.1 Å². The number of dihydropyridines is 1. The molecule has 1 amide bonds. The number of aryl methyl sites for hydroxylation is 2. The first-order valence-corrected chi connectivity index (χ1v) is 9.60. The number of benzene rings is 1. The predicted molar refractivity (Wildman–Crippen MR) is 109 cm³/mol. The van der Waals surface area contributed by atoms with Gasteiger partial charge in [-0.2, -0.15) is 0 Å². The quantitative estimate of drug-likeness (QED) is 0.553. The minimum absolute atomic E-state index is 0.221. The lowest BCUT2D eigenvalue weighted by molar-refractivity contribution is -0.140. The zero-order valence-corrected chi connectivity index (χ0v) is 17.9. The molecule has 0 aliphatic carbocycles. The van der Waals surface area contributed by atoms with E-state index in [1.807, 2.05) is 33.8 Å². The molecule has 1 aromatic rings. The van der Waals surface area contributed by atoms with Gasteiger partial charge in [0.2, 0.25) is 5.91 Å². The highest BCUT2D eigenvalue weighted by atomic mass is 35.5. The van der Waals surface area contributed by atoms with Gasteiger partial charge in [-0.25, -0.2) is 4.79 Å². The number of hydrogen-bond donors (Lipinski definition) is 2. The molecule has 0 radical (unpaired) electrons. The first-order chi connectivity index (χ1) is 13.2. The van der Waals surface area contributed by atoms with Gasteiger partial charge in [0.1, 0.15) is 11.3 Å². The van der Waals surface area contributed by atoms with E-state index in [1.165, 1.54) is 7.11 Å². The van der Waals surface area contributed by atoms with Crippen LogP contribution in [-0.2, 0) is 14.3 Å². The number of methoxy groups -OCH3 is 1. The summed E-state index contributed by atoms with van der Waals surface area (Å²) >= 11 is 6.14. The summed E-state index contributed by atoms with van der Waals surface area (Å²) < 4.78 is 11.4. The summed E-state index contributed by atoms with van der Waals surface area (Å²) in [5.74, 6) is -1.91. The van der Waals surface area contributed by atoms with Crippen LogP contribution in [0.25, 0.3) is 0 Å². The van der Waals surface area contributed by atoms with E-state index in [2.05, 4.69) is 10.6 Å². The molecule has 1 heterocycles. The van der Waals surface area contributed by atoms with E-state index in [9.17, 15) is 9.59 Å². The van der Waals surface area contributed by atoms with E-state index in [1.54, 1.807) is 19.1 Å². The maximum atomic E-state index is 12.7. The number of allylic oxidation sites excluding steroid dienone is 3. The van der Waals surface area contributed by atoms with E-state index in [0.717, 1.165) is 22.4 Å². The Bertz CT molecular complexity index is 837. The minimum Gasteiger partial charge on any atom is -0.465 e. The maximum Gasteiger partial charge on any atom is 0.342 e. The van der Waals surface area contributed by atoms with Crippen LogP contribution in [0, 0.1) is 13.8 Å². The van der Waals surface area contributed by atoms with Crippen molar-refractivity contribution in [1.82, 2.24) is 10.6 Å². The van der Waals surface area contributed by atoms with Crippen LogP contribution in [0.1, 0.15) is 44.7 Å². The Morgan fingerprint density at radius 2 is 1.79 bits per heavy atom. The van der Waals surface area contributed by atoms with E-state index in [-0.39, 0.29) is 17.9 Å². The number of nitrogens with one attached hydrogen (secondary N) is 2. The summed E-state index contributed by atoms with van der Waals surface area (Å²) in [7, 11) is 1.30. The second-order valence-corrected chi connectivity index (χ2v) is 7.19. The van der Waals surface area contributed by atoms with Crippen molar-refractivity contribution in [2.75, 3.05) is 7.11 Å². The number of rotatable bonds is 6. The topological polar surface area (TPSA) is 76.7 Å². The van der Waals surface area contributed by atoms with Crippen LogP contribution in [0.15, 0.2) is 35.1 Å². The van der Waals surface area contributed by atoms with Gasteiger partial charge in [0.25, 0.3) is 5.85 Å². The molecule has 0 bridgehead atoms. The third-order valence-electron chi connectivity index (χ3n) is 4.52. The first kappa shape index (κ1) is 21.8. The number of hydrogen-bond acceptors (Lipinski definition) is 5. The fourth-order valence-electron chi connectivity index (χ4n) is 3.28. The van der Waals surface area contributed by atoms with E-state index in [4.69, 9.17) is 21.1 Å². The van der Waals surface area contributed by atoms with E-state index >= 15 is 0 Å². The molecule has 6 nitrogen and oxygen atoms in total. The number of carbonyl (C=O) groups is 2. The van der Waals surface area contributed by atoms with Crippen molar-refractivity contribution in [3.63, 3.8) is 0 Å². The lowest BCUT2D eigenvalue weighted by Gasteiger charge is -2.41. The van der Waals surface area contributed by atoms with Crippen molar-refractivity contribution in [3.8, 4) is 5.75 Å². The normalized spacial score (nSPS) is 18.9. The molecule has 1 aliphatic rings. The van der Waals surface area contributed by atoms with Crippen molar-refractivity contribution >= 4 is 23.5 Å². The predicted octanol–water partition coefficient (Wildman–Crippen LogP) is 3.90. The van der Waals surface area contributed by atoms with Crippen molar-refractivity contribution in [2.45, 2.75) is 53.3 Å². The van der Waals surface area contributed by atoms with Crippen LogP contribution in [0.3, 0.4) is 0 Å². The van der Waals surface area contributed by atoms with Crippen molar-refractivity contribution in [2.24, 2.45) is 0 Å². The minimum atomic E-state index is -1.59. The van der Waals surface area contributed by atoms with Gasteiger partial charge in [0.05, 0.1) is 7.11 Å². The smallest absolute Gasteiger partial charge is 0.342 e. The Kier molecular flexibility index (Phi) is 6.77. The lowest BCUT2D eigenvalue weighted by atomic mass is 9.95. The van der Waals surface area contributed by atoms with Crippen LogP contribution in [0.5, 0.6) is 5.75 Å². The molecule has 1 aromatic carbocycles. The Balaban J connectivity index is 2.72. The molecular formula is C21H27ClN2O4. The van der Waals surface area contributed by atoms with Gasteiger partial charge in [-0.1, -0.05) is 25.4 Å². The fraction of sp³-hybridized carbons (Fsp3) is 0.429. The average molecular weight is 407 g/mol. The molecule has 0 saturated carbocycles. The Labute approximate surface area is 170 Å². The highest BCUT2D eigenvalue weighted by molar-refractivity contribution is 6.30. The monoisotopic (exact) mass is 406 g/mol. The van der Waals surface area contributed by atoms with Crippen LogP contribution >= 0.6 is 11.6 Å². The summed E-state index contributed by atoms with van der Waals surface area (Å²) in [4.78, 5) is 25.2. The molecule has 0 aromatic heterocycles. The van der Waals surface area contributed by atoms with Crippen molar-refractivity contribution in [3.05, 3.63) is 51.2 Å². The Morgan fingerprint density at radius 3 is 2.29 bits per heavy atom. The second-order valence-electron chi connectivity index (χ2n) is 6.75. The number of amides is 1. The molecule has 0 fully saturated rings. The second kappa shape index (κ2) is 8.69. The maximum absolute atomic E-state index is 12.7. The van der Waals surface area contributed by atoms with Gasteiger partial charge >= 0.3 is 5.97 Å². The van der Waals surface area contributed by atoms with Gasteiger partial charge in [-0.05, 0) is 62.1 Å². The zero-order valence-electron chi connectivity index (χ0n) is 17.2. The molecule has 2 N–H and O–H groups in total. The Morgan fingerprint density at radius 1 is 1.18 bits per heavy atom. The van der Waals surface area contributed by atoms with Crippen LogP contribution in [0.4, 0.5) is 0 Å². The molecule has 2 rings (SSSR count). The highest BCUT2D eigenvalue weighted by Gasteiger charge is 2.47. The van der Waals surface area contributed by atoms with Crippen LogP contribution in [0.2, 0.25) is 5.02 Å². The van der Waals surface area contributed by atoms with E-state index in [0.29, 0.717) is 17.2 Å². The summed E-state index contributed by atoms with van der Waals surface area (Å²) in [5, 5.41) is 6.60. The largest absolute Gasteiger partial charge is 0.465 e. The van der Waals surface area contributed by atoms with Crippen molar-refractivity contribution in [1.29, 1.82) is 0 Å². The third-order valence-corrected chi connectivity index (χ3v) is 4.74. The van der Waals surface area contributed by atoms with Gasteiger partial charge < -0.3 is 14.8 Å². The van der Waals surface area contributed by atoms with Crippen LogP contribution < -0.4 is 15.4 Å². The highest BCUT2D eigenvalue weighted by Crippen LogP contribution is 2.35. The van der Waals surface area contributed by atoms with Gasteiger partial charge in [-0.15, -0.1) is 0 Å². The molecule has 28 heavy (non-hydrogen) atoms. The molecule has 0 saturated heterocycles. The summed E-state index contributed by atoms with van der Waals surface area (Å²) in [6.07, 6.45) is 2.65. The standard InChI is InChI=1S/C21H27ClN2O4/c1-7-15-11-14(5)23-21(24-17(25)8-2,18(15)20(26)27-6)28-19-12(3)9-16(22)10-13(19)4/h9-11,23H,7-8H2,1-6H3,(H,24,25). The molecule has 0 spiro atoms. The molecule has 1 atom stereocenters. The van der Waals surface area contributed by atoms with Crippen LogP contribution in [-0.4, -0.2) is 24.8 Å². The van der Waals surface area contributed by atoms with Gasteiger partial charge in [-0.3, -0.25) is 10.1 Å². The molecule has 7 heteroatoms. The zero-order chi connectivity index (χ0) is 21.1. The number of halogens is 1. The number of carbonyl (C=O) groups excluding carboxylic acids is 2. The average Bonchev–Trinajstić information content (AvgIpc) is 2.63. The summed E-state index contributed by atoms with van der Waals surface area (Å²) in [6.45, 7) is 9.23. The molecular weight excluding hydrogens is 380 g/mol. The summed E-state index contributed by atoms with van der Waals surface area (Å²) in [5.41, 5.74) is 3.27. The van der Waals surface area contributed by atoms with Gasteiger partial charge in [0.15, 0.2) is 0 Å². The number of esters is 1.